The van der Waals surface area contributed by atoms with Crippen molar-refractivity contribution in [3.8, 4) is 0 Å². The maximum Gasteiger partial charge on any atom is 0.274 e. The summed E-state index contributed by atoms with van der Waals surface area (Å²) in [4.78, 5) is 38.7. The maximum absolute atomic E-state index is 13.5. The van der Waals surface area contributed by atoms with Crippen molar-refractivity contribution in [1.29, 1.82) is 0 Å². The Morgan fingerprint density at radius 2 is 1.93 bits per heavy atom. The molecule has 2 saturated heterocycles. The van der Waals surface area contributed by atoms with E-state index >= 15 is 0 Å². The summed E-state index contributed by atoms with van der Waals surface area (Å²) < 4.78 is 0. The van der Waals surface area contributed by atoms with Crippen LogP contribution in [0.1, 0.15) is 62.0 Å². The summed E-state index contributed by atoms with van der Waals surface area (Å²) in [5, 5.41) is 0. The van der Waals surface area contributed by atoms with Gasteiger partial charge in [-0.3, -0.25) is 14.6 Å². The van der Waals surface area contributed by atoms with Gasteiger partial charge < -0.3 is 9.80 Å². The molecule has 2 aromatic rings. The number of rotatable bonds is 3. The van der Waals surface area contributed by atoms with Crippen LogP contribution in [0.3, 0.4) is 0 Å². The van der Waals surface area contributed by atoms with Gasteiger partial charge >= 0.3 is 0 Å². The molecule has 3 heterocycles. The standard InChI is InChI=1S/C24H30N4O2/c1-18(29)28-20(15-19-9-5-3-6-10-19)16-24(2)22(28)11-7-4-8-14-27(24)23(30)21-17-25-12-13-26-21/h3,5-6,9-10,12-13,17,20,22H,4,7-8,11,14-16H2,1-2H3/t20-,22+,24+/m1/s1. The van der Waals surface area contributed by atoms with Gasteiger partial charge in [0, 0.05) is 31.9 Å². The first-order chi connectivity index (χ1) is 14.5. The molecule has 0 spiro atoms. The number of likely N-dealkylation sites (tertiary alicyclic amines) is 2. The second-order valence-corrected chi connectivity index (χ2v) is 8.74. The molecule has 0 saturated carbocycles. The summed E-state index contributed by atoms with van der Waals surface area (Å²) in [6.07, 6.45) is 10.3. The van der Waals surface area contributed by atoms with Crippen molar-refractivity contribution >= 4 is 11.8 Å². The van der Waals surface area contributed by atoms with Crippen molar-refractivity contribution in [1.82, 2.24) is 19.8 Å². The summed E-state index contributed by atoms with van der Waals surface area (Å²) in [7, 11) is 0. The molecule has 0 aliphatic carbocycles. The summed E-state index contributed by atoms with van der Waals surface area (Å²) in [6, 6.07) is 10.4. The Kier molecular flexibility index (Phi) is 5.84. The summed E-state index contributed by atoms with van der Waals surface area (Å²) in [6.45, 7) is 4.52. The molecule has 1 aromatic heterocycles. The Balaban J connectivity index is 1.70. The van der Waals surface area contributed by atoms with E-state index in [2.05, 4.69) is 33.9 Å². The fourth-order valence-corrected chi connectivity index (χ4v) is 5.46. The smallest absolute Gasteiger partial charge is 0.274 e. The van der Waals surface area contributed by atoms with Crippen molar-refractivity contribution in [3.05, 3.63) is 60.2 Å². The molecule has 6 heteroatoms. The summed E-state index contributed by atoms with van der Waals surface area (Å²) >= 11 is 0. The number of amides is 2. The largest absolute Gasteiger partial charge is 0.334 e. The van der Waals surface area contributed by atoms with Gasteiger partial charge in [-0.25, -0.2) is 4.98 Å². The highest BCUT2D eigenvalue weighted by Crippen LogP contribution is 2.43. The van der Waals surface area contributed by atoms with Crippen molar-refractivity contribution in [2.45, 2.75) is 70.0 Å². The van der Waals surface area contributed by atoms with E-state index in [1.54, 1.807) is 25.5 Å². The minimum absolute atomic E-state index is 0.0182. The molecule has 3 atom stereocenters. The maximum atomic E-state index is 13.5. The molecule has 30 heavy (non-hydrogen) atoms. The van der Waals surface area contributed by atoms with E-state index in [0.29, 0.717) is 12.2 Å². The van der Waals surface area contributed by atoms with Crippen LogP contribution >= 0.6 is 0 Å². The van der Waals surface area contributed by atoms with Gasteiger partial charge in [-0.15, -0.1) is 0 Å². The van der Waals surface area contributed by atoms with E-state index in [-0.39, 0.29) is 23.9 Å². The van der Waals surface area contributed by atoms with Gasteiger partial charge in [-0.2, -0.15) is 0 Å². The van der Waals surface area contributed by atoms with Crippen LogP contribution in [0.2, 0.25) is 0 Å². The van der Waals surface area contributed by atoms with Crippen molar-refractivity contribution in [2.24, 2.45) is 0 Å². The lowest BCUT2D eigenvalue weighted by Crippen LogP contribution is -2.58. The van der Waals surface area contributed by atoms with E-state index in [9.17, 15) is 9.59 Å². The average Bonchev–Trinajstić information content (AvgIpc) is 3.01. The lowest BCUT2D eigenvalue weighted by molar-refractivity contribution is -0.133. The molecule has 0 radical (unpaired) electrons. The molecule has 6 nitrogen and oxygen atoms in total. The van der Waals surface area contributed by atoms with Crippen LogP contribution in [0.25, 0.3) is 0 Å². The first-order valence-electron chi connectivity index (χ1n) is 10.9. The molecule has 4 rings (SSSR count). The summed E-state index contributed by atoms with van der Waals surface area (Å²) in [5.41, 5.74) is 1.18. The number of benzene rings is 1. The molecule has 2 amide bonds. The van der Waals surface area contributed by atoms with Gasteiger partial charge in [-0.05, 0) is 38.2 Å². The lowest BCUT2D eigenvalue weighted by Gasteiger charge is -2.45. The van der Waals surface area contributed by atoms with E-state index in [1.807, 2.05) is 23.1 Å². The van der Waals surface area contributed by atoms with E-state index in [1.165, 1.54) is 5.56 Å². The normalized spacial score (nSPS) is 26.6. The highest BCUT2D eigenvalue weighted by Gasteiger charge is 2.54. The van der Waals surface area contributed by atoms with Crippen LogP contribution in [-0.2, 0) is 11.2 Å². The highest BCUT2D eigenvalue weighted by molar-refractivity contribution is 5.92. The zero-order valence-corrected chi connectivity index (χ0v) is 17.8. The van der Waals surface area contributed by atoms with Crippen molar-refractivity contribution < 1.29 is 9.59 Å². The van der Waals surface area contributed by atoms with Crippen LogP contribution in [-0.4, -0.2) is 55.7 Å². The molecule has 2 fully saturated rings. The number of aromatic nitrogens is 2. The SMILES string of the molecule is CC(=O)N1[C@H](Cc2ccccc2)C[C@@]2(C)[C@@H]1CCCCCN2C(=O)c1cnccn1. The number of hydrogen-bond acceptors (Lipinski definition) is 4. The molecule has 0 bridgehead atoms. The highest BCUT2D eigenvalue weighted by atomic mass is 16.2. The number of hydrogen-bond donors (Lipinski definition) is 0. The third-order valence-corrected chi connectivity index (χ3v) is 6.78. The topological polar surface area (TPSA) is 66.4 Å². The van der Waals surface area contributed by atoms with E-state index in [4.69, 9.17) is 0 Å². The second kappa shape index (κ2) is 8.54. The number of carbonyl (C=O) groups excluding carboxylic acids is 2. The van der Waals surface area contributed by atoms with Gasteiger partial charge in [0.15, 0.2) is 0 Å². The molecular weight excluding hydrogens is 376 g/mol. The monoisotopic (exact) mass is 406 g/mol. The van der Waals surface area contributed by atoms with Crippen LogP contribution in [0.15, 0.2) is 48.9 Å². The van der Waals surface area contributed by atoms with Crippen LogP contribution in [0.4, 0.5) is 0 Å². The van der Waals surface area contributed by atoms with Gasteiger partial charge in [0.05, 0.1) is 17.8 Å². The minimum atomic E-state index is -0.417. The van der Waals surface area contributed by atoms with Crippen molar-refractivity contribution in [3.63, 3.8) is 0 Å². The Morgan fingerprint density at radius 3 is 2.63 bits per heavy atom. The number of fused-ring (bicyclic) bond motifs is 1. The average molecular weight is 407 g/mol. The fourth-order valence-electron chi connectivity index (χ4n) is 5.46. The van der Waals surface area contributed by atoms with E-state index < -0.39 is 5.54 Å². The molecule has 2 aliphatic heterocycles. The van der Waals surface area contributed by atoms with Gasteiger partial charge in [-0.1, -0.05) is 43.2 Å². The van der Waals surface area contributed by atoms with Gasteiger partial charge in [0.25, 0.3) is 5.91 Å². The Morgan fingerprint density at radius 1 is 1.13 bits per heavy atom. The predicted octanol–water partition coefficient (Wildman–Crippen LogP) is 3.48. The number of nitrogens with zero attached hydrogens (tertiary/aromatic N) is 4. The third-order valence-electron chi connectivity index (χ3n) is 6.78. The zero-order valence-electron chi connectivity index (χ0n) is 17.8. The molecule has 158 valence electrons. The Labute approximate surface area is 178 Å². The van der Waals surface area contributed by atoms with Crippen LogP contribution in [0.5, 0.6) is 0 Å². The quantitative estimate of drug-likeness (QED) is 0.783. The fraction of sp³-hybridized carbons (Fsp3) is 0.500. The van der Waals surface area contributed by atoms with E-state index in [0.717, 1.165) is 38.5 Å². The minimum Gasteiger partial charge on any atom is -0.334 e. The zero-order chi connectivity index (χ0) is 21.1. The molecule has 1 aromatic carbocycles. The first kappa shape index (κ1) is 20.5. The second-order valence-electron chi connectivity index (χ2n) is 8.74. The van der Waals surface area contributed by atoms with Crippen LogP contribution in [0, 0.1) is 0 Å². The Hall–Kier alpha value is -2.76. The van der Waals surface area contributed by atoms with Crippen LogP contribution < -0.4 is 0 Å². The van der Waals surface area contributed by atoms with Crippen molar-refractivity contribution in [2.75, 3.05) is 6.54 Å². The molecular formula is C24H30N4O2. The third kappa shape index (κ3) is 3.83. The Bertz CT molecular complexity index is 889. The lowest BCUT2D eigenvalue weighted by atomic mass is 9.83. The van der Waals surface area contributed by atoms with Gasteiger partial charge in [0.1, 0.15) is 5.69 Å². The molecule has 2 aliphatic rings. The number of carbonyl (C=O) groups is 2. The van der Waals surface area contributed by atoms with Gasteiger partial charge in [0.2, 0.25) is 5.91 Å². The first-order valence-corrected chi connectivity index (χ1v) is 10.9. The summed E-state index contributed by atoms with van der Waals surface area (Å²) in [5.74, 6) is 0.0125. The molecule has 0 unspecified atom stereocenters. The predicted molar refractivity (Wildman–Crippen MR) is 115 cm³/mol. The molecule has 0 N–H and O–H groups in total.